The van der Waals surface area contributed by atoms with Gasteiger partial charge in [-0.3, -0.25) is 9.00 Å². The second-order valence-corrected chi connectivity index (χ2v) is 8.32. The minimum atomic E-state index is -2.23. The van der Waals surface area contributed by atoms with Gasteiger partial charge in [-0.05, 0) is 28.8 Å². The summed E-state index contributed by atoms with van der Waals surface area (Å²) in [5.41, 5.74) is 0.327. The molecule has 0 saturated carbocycles. The molecule has 2 heterocycles. The van der Waals surface area contributed by atoms with Gasteiger partial charge in [-0.2, -0.15) is 0 Å². The van der Waals surface area contributed by atoms with Crippen LogP contribution in [0.1, 0.15) is 0 Å². The van der Waals surface area contributed by atoms with Gasteiger partial charge in [0.1, 0.15) is 6.26 Å². The van der Waals surface area contributed by atoms with Crippen LogP contribution in [0.2, 0.25) is 0 Å². The number of rotatable bonds is 5. The molecule has 2 aromatic rings. The number of hydrogen-bond donors (Lipinski definition) is 0. The van der Waals surface area contributed by atoms with E-state index in [1.54, 1.807) is 29.6 Å². The van der Waals surface area contributed by atoms with Gasteiger partial charge in [-0.25, -0.2) is 4.31 Å². The van der Waals surface area contributed by atoms with Crippen LogP contribution in [-0.2, 0) is 9.71 Å². The normalized spacial score (nSPS) is 14.5. The minimum Gasteiger partial charge on any atom is -0.456 e. The molecule has 0 saturated heterocycles. The fourth-order valence-electron chi connectivity index (χ4n) is 1.69. The van der Waals surface area contributed by atoms with Crippen LogP contribution in [0.5, 0.6) is 0 Å². The highest BCUT2D eigenvalue weighted by Gasteiger charge is 2.15. The largest absolute Gasteiger partial charge is 0.456 e. The minimum absolute atomic E-state index is 0.186. The zero-order chi connectivity index (χ0) is 15.8. The van der Waals surface area contributed by atoms with Gasteiger partial charge in [0.05, 0.1) is 10.5 Å². The van der Waals surface area contributed by atoms with Crippen molar-refractivity contribution in [3.8, 4) is 0 Å². The van der Waals surface area contributed by atoms with Crippen molar-refractivity contribution in [2.24, 2.45) is 0 Å². The predicted octanol–water partition coefficient (Wildman–Crippen LogP) is 1.78. The van der Waals surface area contributed by atoms with Crippen molar-refractivity contribution in [3.63, 3.8) is 0 Å². The Morgan fingerprint density at radius 3 is 2.62 bits per heavy atom. The molecular formula is C13H17BrN2O4S. The summed E-state index contributed by atoms with van der Waals surface area (Å²) >= 11 is 3.27. The van der Waals surface area contributed by atoms with Crippen LogP contribution in [0, 0.1) is 0 Å². The summed E-state index contributed by atoms with van der Waals surface area (Å²) in [7, 11) is 1.31. The summed E-state index contributed by atoms with van der Waals surface area (Å²) in [5, 5.41) is 0. The number of anilines is 1. The van der Waals surface area contributed by atoms with Gasteiger partial charge in [0.25, 0.3) is 0 Å². The molecule has 0 fully saturated rings. The third kappa shape index (κ3) is 3.50. The molecule has 0 aliphatic rings. The zero-order valence-electron chi connectivity index (χ0n) is 12.1. The standard InChI is InChI=1S/C13H17BrN2O4S/c1-15(5-6-16(2)21(3,4)18)11-7-10(17)13-12(20-11)9(14)8-19-13/h7-8H,3,5-6H2,1-2,4H3. The Kier molecular flexibility index (Phi) is 4.50. The summed E-state index contributed by atoms with van der Waals surface area (Å²) in [6.07, 6.45) is 3.00. The number of furan rings is 1. The molecule has 0 aromatic carbocycles. The Labute approximate surface area is 131 Å². The summed E-state index contributed by atoms with van der Waals surface area (Å²) in [4.78, 5) is 13.7. The summed E-state index contributed by atoms with van der Waals surface area (Å²) < 4.78 is 24.9. The molecule has 2 rings (SSSR count). The molecule has 0 aliphatic heterocycles. The molecule has 1 atom stereocenters. The first-order chi connectivity index (χ1) is 9.70. The second-order valence-electron chi connectivity index (χ2n) is 4.92. The Bertz CT molecular complexity index is 809. The van der Waals surface area contributed by atoms with E-state index in [0.29, 0.717) is 29.0 Å². The van der Waals surface area contributed by atoms with E-state index >= 15 is 0 Å². The fourth-order valence-corrected chi connectivity index (χ4v) is 2.51. The molecule has 0 spiro atoms. The fraction of sp³-hybridized carbons (Fsp3) is 0.385. The molecule has 0 N–H and O–H groups in total. The maximum atomic E-state index is 11.9. The average Bonchev–Trinajstić information content (AvgIpc) is 2.76. The molecule has 0 bridgehead atoms. The Morgan fingerprint density at radius 2 is 2.00 bits per heavy atom. The first-order valence-corrected chi connectivity index (χ1v) is 9.04. The quantitative estimate of drug-likeness (QED) is 0.744. The van der Waals surface area contributed by atoms with Crippen LogP contribution < -0.4 is 10.3 Å². The van der Waals surface area contributed by atoms with E-state index in [1.165, 1.54) is 12.3 Å². The first-order valence-electron chi connectivity index (χ1n) is 6.15. The lowest BCUT2D eigenvalue weighted by molar-refractivity contribution is 0.511. The van der Waals surface area contributed by atoms with Crippen LogP contribution in [-0.4, -0.2) is 47.8 Å². The lowest BCUT2D eigenvalue weighted by atomic mass is 10.4. The third-order valence-electron chi connectivity index (χ3n) is 3.17. The topological polar surface area (TPSA) is 66.9 Å². The molecule has 2 aromatic heterocycles. The van der Waals surface area contributed by atoms with Crippen LogP contribution in [0.3, 0.4) is 0 Å². The van der Waals surface area contributed by atoms with Gasteiger partial charge >= 0.3 is 0 Å². The van der Waals surface area contributed by atoms with Gasteiger partial charge in [-0.1, -0.05) is 0 Å². The number of nitrogens with zero attached hydrogens (tertiary/aromatic N) is 2. The van der Waals surface area contributed by atoms with Crippen molar-refractivity contribution < 1.29 is 13.0 Å². The predicted molar refractivity (Wildman–Crippen MR) is 89.5 cm³/mol. The highest BCUT2D eigenvalue weighted by atomic mass is 79.9. The van der Waals surface area contributed by atoms with Gasteiger partial charge < -0.3 is 13.7 Å². The van der Waals surface area contributed by atoms with Crippen molar-refractivity contribution in [2.75, 3.05) is 38.3 Å². The maximum absolute atomic E-state index is 11.9. The van der Waals surface area contributed by atoms with Crippen molar-refractivity contribution in [1.29, 1.82) is 0 Å². The van der Waals surface area contributed by atoms with E-state index in [0.717, 1.165) is 0 Å². The number of hydrogen-bond acceptors (Lipinski definition) is 5. The SMILES string of the molecule is C=S(C)(=O)N(C)CCN(C)c1cc(=O)c2occ(Br)c2o1. The van der Waals surface area contributed by atoms with Crippen molar-refractivity contribution in [3.05, 3.63) is 27.0 Å². The molecule has 21 heavy (non-hydrogen) atoms. The van der Waals surface area contributed by atoms with Crippen LogP contribution in [0.4, 0.5) is 5.88 Å². The highest BCUT2D eigenvalue weighted by Crippen LogP contribution is 2.27. The summed E-state index contributed by atoms with van der Waals surface area (Å²) in [6, 6.07) is 1.38. The zero-order valence-corrected chi connectivity index (χ0v) is 14.5. The van der Waals surface area contributed by atoms with E-state index in [2.05, 4.69) is 21.8 Å². The van der Waals surface area contributed by atoms with Crippen LogP contribution in [0.15, 0.2) is 30.4 Å². The van der Waals surface area contributed by atoms with E-state index in [-0.39, 0.29) is 11.0 Å². The Morgan fingerprint density at radius 1 is 1.33 bits per heavy atom. The third-order valence-corrected chi connectivity index (χ3v) is 5.22. The summed E-state index contributed by atoms with van der Waals surface area (Å²) in [6.45, 7) is 1.07. The van der Waals surface area contributed by atoms with Crippen molar-refractivity contribution >= 4 is 48.6 Å². The van der Waals surface area contributed by atoms with E-state index in [4.69, 9.17) is 8.83 Å². The number of halogens is 1. The monoisotopic (exact) mass is 376 g/mol. The molecule has 8 heteroatoms. The smallest absolute Gasteiger partial charge is 0.230 e. The average molecular weight is 377 g/mol. The number of fused-ring (bicyclic) bond motifs is 1. The van der Waals surface area contributed by atoms with Crippen LogP contribution >= 0.6 is 15.9 Å². The molecule has 6 nitrogen and oxygen atoms in total. The van der Waals surface area contributed by atoms with Gasteiger partial charge in [0, 0.05) is 36.1 Å². The first kappa shape index (κ1) is 16.1. The lowest BCUT2D eigenvalue weighted by Gasteiger charge is -2.23. The molecule has 116 valence electrons. The Balaban J connectivity index is 2.22. The molecule has 0 aliphatic carbocycles. The van der Waals surface area contributed by atoms with Gasteiger partial charge in [0.2, 0.25) is 11.0 Å². The van der Waals surface area contributed by atoms with Crippen LogP contribution in [0.25, 0.3) is 11.2 Å². The van der Waals surface area contributed by atoms with E-state index < -0.39 is 9.71 Å². The van der Waals surface area contributed by atoms with E-state index in [9.17, 15) is 9.00 Å². The highest BCUT2D eigenvalue weighted by molar-refractivity contribution is 9.10. The summed E-state index contributed by atoms with van der Waals surface area (Å²) in [5.74, 6) is 4.05. The van der Waals surface area contributed by atoms with Gasteiger partial charge in [-0.15, -0.1) is 0 Å². The molecule has 1 unspecified atom stereocenters. The lowest BCUT2D eigenvalue weighted by Crippen LogP contribution is -2.34. The Hall–Kier alpha value is -1.25. The second kappa shape index (κ2) is 5.86. The van der Waals surface area contributed by atoms with Crippen molar-refractivity contribution in [1.82, 2.24) is 4.31 Å². The van der Waals surface area contributed by atoms with Crippen molar-refractivity contribution in [2.45, 2.75) is 0 Å². The number of likely N-dealkylation sites (N-methyl/N-ethyl adjacent to an activating group) is 2. The molecule has 0 amide bonds. The molecule has 0 radical (unpaired) electrons. The maximum Gasteiger partial charge on any atom is 0.230 e. The van der Waals surface area contributed by atoms with Gasteiger partial charge in [0.15, 0.2) is 11.5 Å². The van der Waals surface area contributed by atoms with E-state index in [1.807, 2.05) is 0 Å². The molecular weight excluding hydrogens is 360 g/mol.